The molecule has 0 amide bonds. The molecule has 0 fully saturated rings. The molecule has 0 aliphatic carbocycles. The van der Waals surface area contributed by atoms with E-state index in [0.29, 0.717) is 11.1 Å². The van der Waals surface area contributed by atoms with Crippen LogP contribution in [0.1, 0.15) is 11.1 Å². The number of oxime groups is 1. The average Bonchev–Trinajstić information content (AvgIpc) is 2.61. The molecule has 0 radical (unpaired) electrons. The predicted octanol–water partition coefficient (Wildman–Crippen LogP) is 1.82. The summed E-state index contributed by atoms with van der Waals surface area (Å²) in [5.74, 6) is -0.272. The van der Waals surface area contributed by atoms with E-state index in [2.05, 4.69) is 26.7 Å². The normalized spacial score (nSPS) is 10.9. The van der Waals surface area contributed by atoms with Crippen molar-refractivity contribution in [3.8, 4) is 0 Å². The molecular formula is C14H15N7O2. The number of nitrogens with one attached hydrogen (secondary N) is 4. The molecule has 2 aromatic carbocycles. The third kappa shape index (κ3) is 4.25. The smallest absolute Gasteiger partial charge is 0.196 e. The third-order valence-electron chi connectivity index (χ3n) is 2.95. The fourth-order valence-corrected chi connectivity index (χ4v) is 1.72. The van der Waals surface area contributed by atoms with Crippen LogP contribution in [0.5, 0.6) is 0 Å². The van der Waals surface area contributed by atoms with Crippen molar-refractivity contribution in [1.29, 1.82) is 5.41 Å². The molecule has 23 heavy (non-hydrogen) atoms. The molecular weight excluding hydrogens is 298 g/mol. The highest BCUT2D eigenvalue weighted by atomic mass is 16.4. The monoisotopic (exact) mass is 313 g/mol. The molecule has 0 saturated heterocycles. The van der Waals surface area contributed by atoms with Gasteiger partial charge in [0, 0.05) is 11.1 Å². The number of hydrogen-bond donors (Lipinski definition) is 6. The van der Waals surface area contributed by atoms with Gasteiger partial charge in [-0.15, -0.1) is 4.91 Å². The summed E-state index contributed by atoms with van der Waals surface area (Å²) >= 11 is 0. The van der Waals surface area contributed by atoms with Crippen LogP contribution >= 0.6 is 0 Å². The fourth-order valence-electron chi connectivity index (χ4n) is 1.72. The van der Waals surface area contributed by atoms with Crippen LogP contribution in [0.2, 0.25) is 0 Å². The predicted molar refractivity (Wildman–Crippen MR) is 88.4 cm³/mol. The van der Waals surface area contributed by atoms with Crippen LogP contribution in [0, 0.1) is 10.3 Å². The van der Waals surface area contributed by atoms with Crippen molar-refractivity contribution < 1.29 is 5.21 Å². The van der Waals surface area contributed by atoms with E-state index < -0.39 is 0 Å². The number of nitroso groups, excluding NO2 is 1. The molecule has 0 aliphatic heterocycles. The lowest BCUT2D eigenvalue weighted by atomic mass is 10.2. The van der Waals surface area contributed by atoms with Crippen molar-refractivity contribution in [2.75, 3.05) is 10.9 Å². The number of benzene rings is 2. The summed E-state index contributed by atoms with van der Waals surface area (Å²) in [7, 11) is 0. The molecule has 0 atom stereocenters. The van der Waals surface area contributed by atoms with Crippen molar-refractivity contribution in [3.05, 3.63) is 64.6 Å². The van der Waals surface area contributed by atoms with Gasteiger partial charge in [0.05, 0.1) is 11.4 Å². The van der Waals surface area contributed by atoms with E-state index in [1.54, 1.807) is 48.5 Å². The maximum absolute atomic E-state index is 10.3. The van der Waals surface area contributed by atoms with E-state index in [9.17, 15) is 4.91 Å². The third-order valence-corrected chi connectivity index (χ3v) is 2.95. The molecule has 0 aliphatic rings. The fraction of sp³-hybridized carbons (Fsp3) is 0. The van der Waals surface area contributed by atoms with Crippen LogP contribution < -0.4 is 22.1 Å². The summed E-state index contributed by atoms with van der Waals surface area (Å²) in [5.41, 5.74) is 16.6. The lowest BCUT2D eigenvalue weighted by Crippen LogP contribution is -2.28. The Kier molecular flexibility index (Phi) is 5.21. The second-order valence-electron chi connectivity index (χ2n) is 4.45. The van der Waals surface area contributed by atoms with Crippen LogP contribution in [0.3, 0.4) is 0 Å². The Morgan fingerprint density at radius 2 is 1.43 bits per heavy atom. The van der Waals surface area contributed by atoms with E-state index in [1.165, 1.54) is 0 Å². The number of amidine groups is 2. The standard InChI is InChI=1S/C14H15N7O2/c15-13(19-22)9-1-5-11(6-2-9)17-21-18-12-7-3-10(4-8-12)14(16)20-23/h1-8,15,17-18,21,23H,(H2,16,20). The van der Waals surface area contributed by atoms with Gasteiger partial charge in [0.1, 0.15) is 0 Å². The first-order valence-electron chi connectivity index (χ1n) is 6.51. The van der Waals surface area contributed by atoms with E-state index in [-0.39, 0.29) is 11.7 Å². The van der Waals surface area contributed by atoms with E-state index in [4.69, 9.17) is 16.4 Å². The molecule has 0 bridgehead atoms. The zero-order chi connectivity index (χ0) is 16.7. The molecule has 0 spiro atoms. The lowest BCUT2D eigenvalue weighted by molar-refractivity contribution is 0.318. The molecule has 2 aromatic rings. The number of anilines is 2. The Labute approximate surface area is 131 Å². The topological polar surface area (TPSA) is 148 Å². The van der Waals surface area contributed by atoms with Gasteiger partial charge in [0.15, 0.2) is 11.7 Å². The first-order chi connectivity index (χ1) is 11.1. The minimum Gasteiger partial charge on any atom is -0.409 e. The first kappa shape index (κ1) is 15.9. The Balaban J connectivity index is 1.87. The van der Waals surface area contributed by atoms with Crippen molar-refractivity contribution >= 4 is 23.0 Å². The van der Waals surface area contributed by atoms with Crippen LogP contribution in [0.25, 0.3) is 0 Å². The van der Waals surface area contributed by atoms with Crippen molar-refractivity contribution in [2.45, 2.75) is 0 Å². The second kappa shape index (κ2) is 7.52. The van der Waals surface area contributed by atoms with Gasteiger partial charge < -0.3 is 21.8 Å². The molecule has 9 heteroatoms. The summed E-state index contributed by atoms with van der Waals surface area (Å²) in [6.07, 6.45) is 0. The van der Waals surface area contributed by atoms with Gasteiger partial charge in [-0.05, 0) is 53.7 Å². The zero-order valence-electron chi connectivity index (χ0n) is 11.9. The summed E-state index contributed by atoms with van der Waals surface area (Å²) in [6, 6.07) is 13.5. The van der Waals surface area contributed by atoms with E-state index in [0.717, 1.165) is 11.4 Å². The van der Waals surface area contributed by atoms with Gasteiger partial charge in [0.25, 0.3) is 0 Å². The molecule has 0 saturated carbocycles. The molecule has 0 heterocycles. The molecule has 118 valence electrons. The Morgan fingerprint density at radius 3 is 1.87 bits per heavy atom. The zero-order valence-corrected chi connectivity index (χ0v) is 11.9. The molecule has 7 N–H and O–H groups in total. The van der Waals surface area contributed by atoms with Crippen LogP contribution in [-0.4, -0.2) is 16.9 Å². The van der Waals surface area contributed by atoms with Gasteiger partial charge in [-0.25, -0.2) is 0 Å². The van der Waals surface area contributed by atoms with Gasteiger partial charge in [-0.3, -0.25) is 5.41 Å². The summed E-state index contributed by atoms with van der Waals surface area (Å²) in [4.78, 5) is 10.3. The van der Waals surface area contributed by atoms with Gasteiger partial charge in [-0.2, -0.15) is 5.53 Å². The van der Waals surface area contributed by atoms with E-state index >= 15 is 0 Å². The van der Waals surface area contributed by atoms with Gasteiger partial charge in [0.2, 0.25) is 0 Å². The number of nitrogens with zero attached hydrogens (tertiary/aromatic N) is 2. The largest absolute Gasteiger partial charge is 0.409 e. The minimum atomic E-state index is -0.312. The summed E-state index contributed by atoms with van der Waals surface area (Å²) < 4.78 is 0. The van der Waals surface area contributed by atoms with Gasteiger partial charge >= 0.3 is 0 Å². The Hall–Kier alpha value is -3.46. The SMILES string of the molecule is N=C(N=O)c1ccc(NNNc2ccc(/C(N)=N/O)cc2)cc1. The highest BCUT2D eigenvalue weighted by Gasteiger charge is 2.01. The van der Waals surface area contributed by atoms with Crippen LogP contribution in [0.15, 0.2) is 58.9 Å². The van der Waals surface area contributed by atoms with Crippen LogP contribution in [0.4, 0.5) is 11.4 Å². The maximum Gasteiger partial charge on any atom is 0.196 e. The first-order valence-corrected chi connectivity index (χ1v) is 6.51. The average molecular weight is 313 g/mol. The van der Waals surface area contributed by atoms with Gasteiger partial charge in [-0.1, -0.05) is 5.16 Å². The van der Waals surface area contributed by atoms with Crippen molar-refractivity contribution in [2.24, 2.45) is 16.1 Å². The number of hydrogen-bond acceptors (Lipinski definition) is 7. The number of nitrogens with two attached hydrogens (primary N) is 1. The Morgan fingerprint density at radius 1 is 0.957 bits per heavy atom. The summed E-state index contributed by atoms with van der Waals surface area (Å²) in [6.45, 7) is 0. The lowest BCUT2D eigenvalue weighted by Gasteiger charge is -2.11. The van der Waals surface area contributed by atoms with Crippen LogP contribution in [-0.2, 0) is 0 Å². The minimum absolute atomic E-state index is 0.0399. The Bertz CT molecular complexity index is 665. The van der Waals surface area contributed by atoms with Crippen molar-refractivity contribution in [3.63, 3.8) is 0 Å². The van der Waals surface area contributed by atoms with E-state index in [1.807, 2.05) is 0 Å². The summed E-state index contributed by atoms with van der Waals surface area (Å²) in [5, 5.41) is 21.4. The molecule has 2 rings (SSSR count). The number of rotatable bonds is 6. The highest BCUT2D eigenvalue weighted by Crippen LogP contribution is 2.11. The van der Waals surface area contributed by atoms with Crippen molar-refractivity contribution in [1.82, 2.24) is 5.53 Å². The molecule has 9 nitrogen and oxygen atoms in total. The molecule has 0 unspecified atom stereocenters. The molecule has 0 aromatic heterocycles. The maximum atomic E-state index is 10.3. The number of hydrazine groups is 2. The quantitative estimate of drug-likeness (QED) is 0.157. The second-order valence-corrected chi connectivity index (χ2v) is 4.45. The highest BCUT2D eigenvalue weighted by molar-refractivity contribution is 5.97.